The van der Waals surface area contributed by atoms with E-state index in [-0.39, 0.29) is 6.61 Å². The van der Waals surface area contributed by atoms with Crippen LogP contribution in [0.2, 0.25) is 0 Å². The third-order valence-corrected chi connectivity index (χ3v) is 3.14. The van der Waals surface area contributed by atoms with Crippen LogP contribution in [-0.2, 0) is 13.6 Å². The molecule has 1 aromatic rings. The molecule has 16 heavy (non-hydrogen) atoms. The maximum atomic E-state index is 8.99. The van der Waals surface area contributed by atoms with Crippen molar-refractivity contribution in [3.8, 4) is 0 Å². The van der Waals surface area contributed by atoms with E-state index in [4.69, 9.17) is 5.11 Å². The Balaban J connectivity index is 2.52. The highest BCUT2D eigenvalue weighted by molar-refractivity contribution is 5.15. The smallest absolute Gasteiger partial charge is 0.0537 e. The first-order valence-electron chi connectivity index (χ1n) is 5.88. The Hall–Kier alpha value is -0.870. The number of rotatable bonds is 6. The first kappa shape index (κ1) is 13.2. The predicted molar refractivity (Wildman–Crippen MR) is 65.1 cm³/mol. The Morgan fingerprint density at radius 3 is 2.62 bits per heavy atom. The van der Waals surface area contributed by atoms with Gasteiger partial charge in [0.05, 0.1) is 6.20 Å². The van der Waals surface area contributed by atoms with Crippen LogP contribution in [0.3, 0.4) is 0 Å². The molecule has 0 amide bonds. The molecule has 0 saturated heterocycles. The molecule has 0 spiro atoms. The molecule has 4 heteroatoms. The zero-order valence-corrected chi connectivity index (χ0v) is 10.7. The van der Waals surface area contributed by atoms with E-state index >= 15 is 0 Å². The third kappa shape index (κ3) is 3.32. The second kappa shape index (κ2) is 6.01. The Kier molecular flexibility index (Phi) is 4.96. The number of aryl methyl sites for hydroxylation is 1. The summed E-state index contributed by atoms with van der Waals surface area (Å²) in [4.78, 5) is 0. The summed E-state index contributed by atoms with van der Waals surface area (Å²) in [7, 11) is 1.95. The summed E-state index contributed by atoms with van der Waals surface area (Å²) in [6, 6.07) is 0.365. The molecule has 1 aromatic heterocycles. The monoisotopic (exact) mass is 225 g/mol. The fourth-order valence-corrected chi connectivity index (χ4v) is 1.77. The lowest BCUT2D eigenvalue weighted by Crippen LogP contribution is -2.34. The third-order valence-electron chi connectivity index (χ3n) is 3.14. The average Bonchev–Trinajstić information content (AvgIpc) is 2.55. The van der Waals surface area contributed by atoms with Gasteiger partial charge >= 0.3 is 0 Å². The average molecular weight is 225 g/mol. The maximum absolute atomic E-state index is 8.99. The van der Waals surface area contributed by atoms with Crippen LogP contribution in [0.25, 0.3) is 0 Å². The lowest BCUT2D eigenvalue weighted by atomic mass is 10.0. The fraction of sp³-hybridized carbons (Fsp3) is 0.750. The van der Waals surface area contributed by atoms with E-state index in [0.29, 0.717) is 12.0 Å². The fourth-order valence-electron chi connectivity index (χ4n) is 1.77. The van der Waals surface area contributed by atoms with Crippen LogP contribution in [0.5, 0.6) is 0 Å². The van der Waals surface area contributed by atoms with Crippen molar-refractivity contribution in [2.24, 2.45) is 13.0 Å². The standard InChI is InChI=1S/C12H23N3O/c1-9(2)12(5-6-16)13-7-11-8-14-15(4)10(11)3/h8-9,12-13,16H,5-7H2,1-4H3. The quantitative estimate of drug-likeness (QED) is 0.765. The topological polar surface area (TPSA) is 50.1 Å². The molecular weight excluding hydrogens is 202 g/mol. The molecule has 0 aliphatic heterocycles. The number of nitrogens with zero attached hydrogens (tertiary/aromatic N) is 2. The second-order valence-electron chi connectivity index (χ2n) is 4.62. The summed E-state index contributed by atoms with van der Waals surface area (Å²) in [5.74, 6) is 0.532. The predicted octanol–water partition coefficient (Wildman–Crippen LogP) is 1.23. The normalized spacial score (nSPS) is 13.4. The van der Waals surface area contributed by atoms with Crippen molar-refractivity contribution in [3.63, 3.8) is 0 Å². The van der Waals surface area contributed by atoms with E-state index in [1.165, 1.54) is 11.3 Å². The van der Waals surface area contributed by atoms with Crippen molar-refractivity contribution in [1.29, 1.82) is 0 Å². The molecule has 0 fully saturated rings. The molecule has 0 aliphatic carbocycles. The van der Waals surface area contributed by atoms with E-state index in [1.54, 1.807) is 0 Å². The first-order valence-corrected chi connectivity index (χ1v) is 5.88. The zero-order valence-electron chi connectivity index (χ0n) is 10.7. The van der Waals surface area contributed by atoms with Gasteiger partial charge in [-0.3, -0.25) is 4.68 Å². The van der Waals surface area contributed by atoms with E-state index in [9.17, 15) is 0 Å². The number of aromatic nitrogens is 2. The largest absolute Gasteiger partial charge is 0.396 e. The summed E-state index contributed by atoms with van der Waals surface area (Å²) in [6.07, 6.45) is 2.70. The Labute approximate surface area is 97.7 Å². The Morgan fingerprint density at radius 2 is 2.19 bits per heavy atom. The lowest BCUT2D eigenvalue weighted by molar-refractivity contribution is 0.244. The van der Waals surface area contributed by atoms with Crippen molar-refractivity contribution < 1.29 is 5.11 Å². The minimum Gasteiger partial charge on any atom is -0.396 e. The molecule has 2 N–H and O–H groups in total. The van der Waals surface area contributed by atoms with Gasteiger partial charge in [-0.2, -0.15) is 5.10 Å². The van der Waals surface area contributed by atoms with Crippen molar-refractivity contribution in [2.45, 2.75) is 39.8 Å². The lowest BCUT2D eigenvalue weighted by Gasteiger charge is -2.21. The van der Waals surface area contributed by atoms with Gasteiger partial charge in [-0.05, 0) is 19.3 Å². The number of aliphatic hydroxyl groups is 1. The van der Waals surface area contributed by atoms with Gasteiger partial charge in [0.15, 0.2) is 0 Å². The van der Waals surface area contributed by atoms with E-state index in [2.05, 4.69) is 31.2 Å². The van der Waals surface area contributed by atoms with Crippen LogP contribution >= 0.6 is 0 Å². The summed E-state index contributed by atoms with van der Waals surface area (Å²) in [6.45, 7) is 7.47. The molecule has 0 aromatic carbocycles. The summed E-state index contributed by atoms with van der Waals surface area (Å²) in [5.41, 5.74) is 2.42. The minimum atomic E-state index is 0.238. The molecule has 4 nitrogen and oxygen atoms in total. The highest BCUT2D eigenvalue weighted by atomic mass is 16.3. The van der Waals surface area contributed by atoms with Crippen molar-refractivity contribution in [2.75, 3.05) is 6.61 Å². The molecule has 0 saturated carbocycles. The van der Waals surface area contributed by atoms with Crippen LogP contribution in [0.15, 0.2) is 6.20 Å². The molecule has 1 atom stereocenters. The van der Waals surface area contributed by atoms with Gasteiger partial charge in [0.2, 0.25) is 0 Å². The molecule has 0 aliphatic rings. The van der Waals surface area contributed by atoms with Crippen LogP contribution in [0.4, 0.5) is 0 Å². The van der Waals surface area contributed by atoms with Gasteiger partial charge in [0.25, 0.3) is 0 Å². The highest BCUT2D eigenvalue weighted by Crippen LogP contribution is 2.09. The van der Waals surface area contributed by atoms with Gasteiger partial charge in [-0.25, -0.2) is 0 Å². The molecule has 1 heterocycles. The SMILES string of the molecule is Cc1c(CNC(CCO)C(C)C)cnn1C. The van der Waals surface area contributed by atoms with Gasteiger partial charge in [0.1, 0.15) is 0 Å². The van der Waals surface area contributed by atoms with E-state index < -0.39 is 0 Å². The second-order valence-corrected chi connectivity index (χ2v) is 4.62. The number of hydrogen-bond donors (Lipinski definition) is 2. The maximum Gasteiger partial charge on any atom is 0.0537 e. The number of hydrogen-bond acceptors (Lipinski definition) is 3. The van der Waals surface area contributed by atoms with Gasteiger partial charge in [-0.1, -0.05) is 13.8 Å². The summed E-state index contributed by atoms with van der Waals surface area (Å²) >= 11 is 0. The van der Waals surface area contributed by atoms with Crippen molar-refractivity contribution >= 4 is 0 Å². The Morgan fingerprint density at radius 1 is 1.50 bits per heavy atom. The molecule has 1 unspecified atom stereocenters. The number of aliphatic hydroxyl groups excluding tert-OH is 1. The molecule has 1 rings (SSSR count). The molecule has 92 valence electrons. The highest BCUT2D eigenvalue weighted by Gasteiger charge is 2.13. The van der Waals surface area contributed by atoms with E-state index in [1.807, 2.05) is 17.9 Å². The van der Waals surface area contributed by atoms with Crippen LogP contribution in [0, 0.1) is 12.8 Å². The van der Waals surface area contributed by atoms with Gasteiger partial charge in [-0.15, -0.1) is 0 Å². The summed E-state index contributed by atoms with van der Waals surface area (Å²) in [5, 5.41) is 16.7. The minimum absolute atomic E-state index is 0.238. The summed E-state index contributed by atoms with van der Waals surface area (Å²) < 4.78 is 1.88. The molecule has 0 radical (unpaired) electrons. The van der Waals surface area contributed by atoms with Crippen molar-refractivity contribution in [1.82, 2.24) is 15.1 Å². The van der Waals surface area contributed by atoms with Crippen molar-refractivity contribution in [3.05, 3.63) is 17.5 Å². The zero-order chi connectivity index (χ0) is 12.1. The van der Waals surface area contributed by atoms with E-state index in [0.717, 1.165) is 13.0 Å². The van der Waals surface area contributed by atoms with Crippen LogP contribution in [-0.4, -0.2) is 27.5 Å². The number of nitrogens with one attached hydrogen (secondary N) is 1. The molecular formula is C12H23N3O. The van der Waals surface area contributed by atoms with Gasteiger partial charge in [0, 0.05) is 37.5 Å². The van der Waals surface area contributed by atoms with Crippen LogP contribution < -0.4 is 5.32 Å². The van der Waals surface area contributed by atoms with Crippen LogP contribution in [0.1, 0.15) is 31.5 Å². The Bertz CT molecular complexity index is 320. The molecule has 0 bridgehead atoms. The first-order chi connectivity index (χ1) is 7.56. The van der Waals surface area contributed by atoms with Gasteiger partial charge < -0.3 is 10.4 Å².